The number of alkyl halides is 1. The molecule has 3 aromatic rings. The molecule has 102 valence electrons. The van der Waals surface area contributed by atoms with Crippen molar-refractivity contribution in [1.29, 1.82) is 0 Å². The third-order valence-electron chi connectivity index (χ3n) is 3.16. The molecule has 0 fully saturated rings. The highest BCUT2D eigenvalue weighted by Gasteiger charge is 2.10. The Morgan fingerprint density at radius 2 is 1.85 bits per heavy atom. The van der Waals surface area contributed by atoms with Gasteiger partial charge in [-0.25, -0.2) is 9.37 Å². The highest BCUT2D eigenvalue weighted by molar-refractivity contribution is 6.31. The van der Waals surface area contributed by atoms with Gasteiger partial charge in [0.25, 0.3) is 0 Å². The minimum Gasteiger partial charge on any atom is -0.322 e. The van der Waals surface area contributed by atoms with Crippen LogP contribution >= 0.6 is 23.2 Å². The van der Waals surface area contributed by atoms with E-state index in [4.69, 9.17) is 23.2 Å². The zero-order chi connectivity index (χ0) is 14.1. The van der Waals surface area contributed by atoms with E-state index in [2.05, 4.69) is 4.98 Å². The van der Waals surface area contributed by atoms with Crippen molar-refractivity contribution in [3.8, 4) is 0 Å². The standard InChI is InChI=1S/C15H11Cl2FN2/c16-8-15-19-13-6-3-11(17)7-14(13)20(15)9-10-1-4-12(18)5-2-10/h1-7H,8-9H2. The lowest BCUT2D eigenvalue weighted by atomic mass is 10.2. The monoisotopic (exact) mass is 308 g/mol. The SMILES string of the molecule is Fc1ccc(Cn2c(CCl)nc3ccc(Cl)cc32)cc1. The number of halogens is 3. The molecule has 0 saturated heterocycles. The first kappa shape index (κ1) is 13.4. The van der Waals surface area contributed by atoms with Crippen molar-refractivity contribution in [2.75, 3.05) is 0 Å². The lowest BCUT2D eigenvalue weighted by molar-refractivity contribution is 0.626. The molecule has 2 nitrogen and oxygen atoms in total. The van der Waals surface area contributed by atoms with E-state index < -0.39 is 0 Å². The van der Waals surface area contributed by atoms with Gasteiger partial charge in [0.1, 0.15) is 11.6 Å². The quantitative estimate of drug-likeness (QED) is 0.646. The Morgan fingerprint density at radius 3 is 2.55 bits per heavy atom. The highest BCUT2D eigenvalue weighted by atomic mass is 35.5. The van der Waals surface area contributed by atoms with E-state index in [-0.39, 0.29) is 5.82 Å². The average Bonchev–Trinajstić information content (AvgIpc) is 2.79. The van der Waals surface area contributed by atoms with Crippen molar-refractivity contribution in [2.24, 2.45) is 0 Å². The molecule has 1 aromatic heterocycles. The van der Waals surface area contributed by atoms with Gasteiger partial charge in [0.05, 0.1) is 16.9 Å². The van der Waals surface area contributed by atoms with Crippen LogP contribution < -0.4 is 0 Å². The van der Waals surface area contributed by atoms with Crippen LogP contribution in [0.5, 0.6) is 0 Å². The minimum absolute atomic E-state index is 0.246. The van der Waals surface area contributed by atoms with Crippen LogP contribution in [0.1, 0.15) is 11.4 Å². The molecule has 0 aliphatic carbocycles. The fourth-order valence-corrected chi connectivity index (χ4v) is 2.57. The third kappa shape index (κ3) is 2.51. The minimum atomic E-state index is -0.246. The Morgan fingerprint density at radius 1 is 1.10 bits per heavy atom. The second-order valence-corrected chi connectivity index (χ2v) is 5.21. The molecule has 0 amide bonds. The first-order valence-electron chi connectivity index (χ1n) is 6.12. The number of imidazole rings is 1. The second-order valence-electron chi connectivity index (χ2n) is 4.51. The molecule has 0 unspecified atom stereocenters. The summed E-state index contributed by atoms with van der Waals surface area (Å²) < 4.78 is 15.0. The number of rotatable bonds is 3. The molecule has 0 spiro atoms. The molecule has 0 radical (unpaired) electrons. The molecule has 2 aromatic carbocycles. The molecule has 3 rings (SSSR count). The van der Waals surface area contributed by atoms with Crippen molar-refractivity contribution in [3.05, 3.63) is 64.7 Å². The maximum Gasteiger partial charge on any atom is 0.125 e. The molecular weight excluding hydrogens is 298 g/mol. The Bertz CT molecular complexity index is 750. The third-order valence-corrected chi connectivity index (χ3v) is 3.64. The van der Waals surface area contributed by atoms with Crippen molar-refractivity contribution in [1.82, 2.24) is 9.55 Å². The second kappa shape index (κ2) is 5.43. The summed E-state index contributed by atoms with van der Waals surface area (Å²) in [4.78, 5) is 4.48. The van der Waals surface area contributed by atoms with Crippen LogP contribution in [0.25, 0.3) is 11.0 Å². The Labute approximate surface area is 125 Å². The van der Waals surface area contributed by atoms with Crippen LogP contribution in [0.3, 0.4) is 0 Å². The molecule has 0 aliphatic heterocycles. The van der Waals surface area contributed by atoms with Crippen LogP contribution in [0, 0.1) is 5.82 Å². The smallest absolute Gasteiger partial charge is 0.125 e. The predicted molar refractivity (Wildman–Crippen MR) is 79.8 cm³/mol. The number of fused-ring (bicyclic) bond motifs is 1. The van der Waals surface area contributed by atoms with Gasteiger partial charge in [-0.15, -0.1) is 11.6 Å². The Kier molecular flexibility index (Phi) is 3.64. The molecule has 1 heterocycles. The highest BCUT2D eigenvalue weighted by Crippen LogP contribution is 2.23. The summed E-state index contributed by atoms with van der Waals surface area (Å²) in [6.07, 6.45) is 0. The lowest BCUT2D eigenvalue weighted by Crippen LogP contribution is -2.03. The summed E-state index contributed by atoms with van der Waals surface area (Å²) in [5.74, 6) is 0.839. The van der Waals surface area contributed by atoms with E-state index in [0.29, 0.717) is 17.4 Å². The average molecular weight is 309 g/mol. The van der Waals surface area contributed by atoms with Crippen LogP contribution in [0.15, 0.2) is 42.5 Å². The number of hydrogen-bond acceptors (Lipinski definition) is 1. The van der Waals surface area contributed by atoms with Gasteiger partial charge in [0.2, 0.25) is 0 Å². The number of benzene rings is 2. The van der Waals surface area contributed by atoms with E-state index in [1.807, 2.05) is 16.7 Å². The maximum atomic E-state index is 13.0. The van der Waals surface area contributed by atoms with Gasteiger partial charge in [0.15, 0.2) is 0 Å². The van der Waals surface area contributed by atoms with Gasteiger partial charge in [-0.05, 0) is 35.9 Å². The number of aromatic nitrogens is 2. The van der Waals surface area contributed by atoms with Crippen molar-refractivity contribution in [2.45, 2.75) is 12.4 Å². The summed E-state index contributed by atoms with van der Waals surface area (Å²) in [7, 11) is 0. The molecular formula is C15H11Cl2FN2. The first-order valence-corrected chi connectivity index (χ1v) is 7.03. The van der Waals surface area contributed by atoms with Crippen LogP contribution in [0.4, 0.5) is 4.39 Å². The summed E-state index contributed by atoms with van der Waals surface area (Å²) in [6.45, 7) is 0.583. The molecule has 0 aliphatic rings. The topological polar surface area (TPSA) is 17.8 Å². The van der Waals surface area contributed by atoms with E-state index in [1.165, 1.54) is 12.1 Å². The van der Waals surface area contributed by atoms with E-state index in [9.17, 15) is 4.39 Å². The Balaban J connectivity index is 2.08. The van der Waals surface area contributed by atoms with Crippen molar-refractivity contribution >= 4 is 34.2 Å². The summed E-state index contributed by atoms with van der Waals surface area (Å²) in [5.41, 5.74) is 2.77. The molecule has 5 heteroatoms. The van der Waals surface area contributed by atoms with Gasteiger partial charge >= 0.3 is 0 Å². The van der Waals surface area contributed by atoms with E-state index in [0.717, 1.165) is 22.4 Å². The summed E-state index contributed by atoms with van der Waals surface area (Å²) in [5, 5.41) is 0.652. The number of hydrogen-bond donors (Lipinski definition) is 0. The fraction of sp³-hybridized carbons (Fsp3) is 0.133. The molecule has 0 bridgehead atoms. The molecule has 0 atom stereocenters. The molecule has 0 N–H and O–H groups in total. The zero-order valence-electron chi connectivity index (χ0n) is 10.5. The van der Waals surface area contributed by atoms with Gasteiger partial charge < -0.3 is 4.57 Å². The maximum absolute atomic E-state index is 13.0. The fourth-order valence-electron chi connectivity index (χ4n) is 2.20. The van der Waals surface area contributed by atoms with Crippen LogP contribution in [-0.4, -0.2) is 9.55 Å². The largest absolute Gasteiger partial charge is 0.322 e. The summed E-state index contributed by atoms with van der Waals surface area (Å²) in [6, 6.07) is 11.9. The molecule has 0 saturated carbocycles. The van der Waals surface area contributed by atoms with Crippen molar-refractivity contribution in [3.63, 3.8) is 0 Å². The van der Waals surface area contributed by atoms with Crippen LogP contribution in [-0.2, 0) is 12.4 Å². The van der Waals surface area contributed by atoms with Crippen LogP contribution in [0.2, 0.25) is 5.02 Å². The van der Waals surface area contributed by atoms with Gasteiger partial charge in [-0.2, -0.15) is 0 Å². The van der Waals surface area contributed by atoms with E-state index >= 15 is 0 Å². The zero-order valence-corrected chi connectivity index (χ0v) is 12.0. The number of nitrogens with zero attached hydrogens (tertiary/aromatic N) is 2. The Hall–Kier alpha value is -1.58. The molecule has 20 heavy (non-hydrogen) atoms. The first-order chi connectivity index (χ1) is 9.67. The normalized spacial score (nSPS) is 11.2. The summed E-state index contributed by atoms with van der Waals surface area (Å²) >= 11 is 12.0. The van der Waals surface area contributed by atoms with Gasteiger partial charge in [-0.1, -0.05) is 23.7 Å². The predicted octanol–water partition coefficient (Wildman–Crippen LogP) is 4.62. The van der Waals surface area contributed by atoms with Gasteiger partial charge in [0, 0.05) is 11.6 Å². The van der Waals surface area contributed by atoms with Crippen molar-refractivity contribution < 1.29 is 4.39 Å². The van der Waals surface area contributed by atoms with Gasteiger partial charge in [-0.3, -0.25) is 0 Å². The van der Waals surface area contributed by atoms with E-state index in [1.54, 1.807) is 18.2 Å². The lowest BCUT2D eigenvalue weighted by Gasteiger charge is -2.08.